The summed E-state index contributed by atoms with van der Waals surface area (Å²) in [6, 6.07) is 9.96. The van der Waals surface area contributed by atoms with Gasteiger partial charge in [-0.2, -0.15) is 0 Å². The number of aromatic nitrogens is 1. The molecule has 0 bridgehead atoms. The summed E-state index contributed by atoms with van der Waals surface area (Å²) in [5, 5.41) is 3.27. The Morgan fingerprint density at radius 2 is 1.67 bits per heavy atom. The fraction of sp³-hybridized carbons (Fsp3) is 0.0952. The van der Waals surface area contributed by atoms with Crippen LogP contribution in [0.5, 0.6) is 0 Å². The van der Waals surface area contributed by atoms with E-state index < -0.39 is 23.0 Å². The third-order valence-electron chi connectivity index (χ3n) is 4.54. The minimum absolute atomic E-state index is 0.0603. The van der Waals surface area contributed by atoms with Crippen molar-refractivity contribution in [2.24, 2.45) is 0 Å². The van der Waals surface area contributed by atoms with Crippen molar-refractivity contribution in [3.63, 3.8) is 0 Å². The number of benzene rings is 2. The number of nitrogens with zero attached hydrogens (tertiary/aromatic N) is 2. The van der Waals surface area contributed by atoms with E-state index in [1.54, 1.807) is 29.2 Å². The van der Waals surface area contributed by atoms with Crippen molar-refractivity contribution >= 4 is 39.7 Å². The van der Waals surface area contributed by atoms with Crippen molar-refractivity contribution in [3.05, 3.63) is 82.3 Å². The zero-order valence-corrected chi connectivity index (χ0v) is 16.4. The quantitative estimate of drug-likeness (QED) is 0.476. The van der Waals surface area contributed by atoms with Gasteiger partial charge < -0.3 is 16.0 Å². The number of thiazole rings is 1. The number of amides is 1. The van der Waals surface area contributed by atoms with E-state index >= 15 is 0 Å². The molecule has 0 saturated heterocycles. The molecule has 3 N–H and O–H groups in total. The number of halogens is 2. The summed E-state index contributed by atoms with van der Waals surface area (Å²) in [5.74, 6) is -2.98. The normalized spacial score (nSPS) is 12.9. The van der Waals surface area contributed by atoms with E-state index in [0.29, 0.717) is 24.3 Å². The fourth-order valence-electron chi connectivity index (χ4n) is 3.02. The summed E-state index contributed by atoms with van der Waals surface area (Å²) < 4.78 is 27.8. The molecule has 2 aromatic carbocycles. The summed E-state index contributed by atoms with van der Waals surface area (Å²) >= 11 is 0.892. The lowest BCUT2D eigenvalue weighted by Crippen LogP contribution is -2.28. The predicted molar refractivity (Wildman–Crippen MR) is 111 cm³/mol. The number of carbonyl (C=O) groups is 2. The van der Waals surface area contributed by atoms with Gasteiger partial charge in [0, 0.05) is 24.3 Å². The van der Waals surface area contributed by atoms with Gasteiger partial charge in [0.1, 0.15) is 22.3 Å². The van der Waals surface area contributed by atoms with E-state index in [-0.39, 0.29) is 21.7 Å². The number of carbonyl (C=O) groups excluding carboxylic acids is 2. The van der Waals surface area contributed by atoms with Crippen molar-refractivity contribution in [3.8, 4) is 0 Å². The van der Waals surface area contributed by atoms with Crippen LogP contribution in [0.15, 0.2) is 54.6 Å². The van der Waals surface area contributed by atoms with E-state index in [2.05, 4.69) is 10.3 Å². The van der Waals surface area contributed by atoms with Crippen LogP contribution < -0.4 is 11.1 Å². The van der Waals surface area contributed by atoms with E-state index in [0.717, 1.165) is 23.5 Å². The van der Waals surface area contributed by atoms with Crippen LogP contribution in [-0.2, 0) is 0 Å². The highest BCUT2D eigenvalue weighted by Crippen LogP contribution is 2.31. The number of nitrogens with one attached hydrogen (secondary N) is 1. The molecule has 0 spiro atoms. The first kappa shape index (κ1) is 19.7. The summed E-state index contributed by atoms with van der Waals surface area (Å²) in [5.41, 5.74) is 6.31. The van der Waals surface area contributed by atoms with Crippen molar-refractivity contribution in [1.82, 2.24) is 9.88 Å². The molecule has 6 nitrogen and oxygen atoms in total. The van der Waals surface area contributed by atoms with Gasteiger partial charge >= 0.3 is 0 Å². The average molecular weight is 426 g/mol. The Bertz CT molecular complexity index is 1130. The Kier molecular flexibility index (Phi) is 5.28. The van der Waals surface area contributed by atoms with Crippen LogP contribution >= 0.6 is 11.3 Å². The third kappa shape index (κ3) is 3.79. The molecule has 0 radical (unpaired) electrons. The van der Waals surface area contributed by atoms with Crippen LogP contribution in [0.25, 0.3) is 0 Å². The van der Waals surface area contributed by atoms with Crippen molar-refractivity contribution in [2.75, 3.05) is 24.1 Å². The molecule has 0 unspecified atom stereocenters. The van der Waals surface area contributed by atoms with Crippen LogP contribution in [-0.4, -0.2) is 34.7 Å². The summed E-state index contributed by atoms with van der Waals surface area (Å²) in [4.78, 5) is 30.6. The summed E-state index contributed by atoms with van der Waals surface area (Å²) in [7, 11) is 0. The number of hydrogen-bond acceptors (Lipinski definition) is 6. The molecule has 9 heteroatoms. The average Bonchev–Trinajstić information content (AvgIpc) is 3.38. The summed E-state index contributed by atoms with van der Waals surface area (Å²) in [6.45, 7) is 1.19. The molecule has 1 amide bonds. The van der Waals surface area contributed by atoms with Gasteiger partial charge in [0.15, 0.2) is 5.13 Å². The molecule has 1 aliphatic rings. The highest BCUT2D eigenvalue weighted by molar-refractivity contribution is 7.18. The highest BCUT2D eigenvalue weighted by atomic mass is 32.1. The Labute approximate surface area is 174 Å². The van der Waals surface area contributed by atoms with Gasteiger partial charge in [0.2, 0.25) is 5.78 Å². The van der Waals surface area contributed by atoms with Crippen LogP contribution in [0.2, 0.25) is 0 Å². The molecular formula is C21H16F2N4O2S. The van der Waals surface area contributed by atoms with Crippen LogP contribution in [0.4, 0.5) is 25.4 Å². The molecule has 3 aromatic rings. The second-order valence-corrected chi connectivity index (χ2v) is 7.54. The molecule has 0 atom stereocenters. The predicted octanol–water partition coefficient (Wildman–Crippen LogP) is 3.99. The lowest BCUT2D eigenvalue weighted by molar-refractivity contribution is 0.0800. The zero-order valence-electron chi connectivity index (χ0n) is 15.6. The van der Waals surface area contributed by atoms with Crippen molar-refractivity contribution < 1.29 is 18.4 Å². The van der Waals surface area contributed by atoms with Gasteiger partial charge in [-0.1, -0.05) is 29.6 Å². The largest absolute Gasteiger partial charge is 0.382 e. The maximum Gasteiger partial charge on any atom is 0.254 e. The second-order valence-electron chi connectivity index (χ2n) is 6.54. The molecule has 152 valence electrons. The van der Waals surface area contributed by atoms with E-state index in [4.69, 9.17) is 5.73 Å². The fourth-order valence-corrected chi connectivity index (χ4v) is 3.87. The molecule has 30 heavy (non-hydrogen) atoms. The number of ketones is 1. The van der Waals surface area contributed by atoms with Gasteiger partial charge in [-0.25, -0.2) is 13.8 Å². The molecule has 4 rings (SSSR count). The molecule has 1 aromatic heterocycles. The lowest BCUT2D eigenvalue weighted by atomic mass is 10.1. The van der Waals surface area contributed by atoms with Crippen LogP contribution in [0.3, 0.4) is 0 Å². The first-order chi connectivity index (χ1) is 14.4. The first-order valence-electron chi connectivity index (χ1n) is 9.00. The van der Waals surface area contributed by atoms with E-state index in [1.165, 1.54) is 6.07 Å². The van der Waals surface area contributed by atoms with Gasteiger partial charge in [-0.15, -0.1) is 0 Å². The van der Waals surface area contributed by atoms with Crippen molar-refractivity contribution in [2.45, 2.75) is 0 Å². The number of nitrogens with two attached hydrogens (primary N) is 1. The zero-order chi connectivity index (χ0) is 21.3. The number of hydrogen-bond donors (Lipinski definition) is 2. The van der Waals surface area contributed by atoms with Gasteiger partial charge in [-0.3, -0.25) is 9.59 Å². The van der Waals surface area contributed by atoms with Gasteiger partial charge in [0.05, 0.1) is 5.56 Å². The maximum absolute atomic E-state index is 13.9. The van der Waals surface area contributed by atoms with E-state index in [9.17, 15) is 18.4 Å². The van der Waals surface area contributed by atoms with Crippen LogP contribution in [0, 0.1) is 11.6 Å². The number of rotatable bonds is 5. The Balaban J connectivity index is 1.51. The Hall–Kier alpha value is -3.59. The number of anilines is 3. The van der Waals surface area contributed by atoms with Crippen molar-refractivity contribution in [1.29, 1.82) is 0 Å². The van der Waals surface area contributed by atoms with Gasteiger partial charge in [-0.05, 0) is 36.4 Å². The lowest BCUT2D eigenvalue weighted by Gasteiger charge is -2.15. The minimum Gasteiger partial charge on any atom is -0.382 e. The molecule has 0 saturated carbocycles. The Morgan fingerprint density at radius 3 is 2.30 bits per heavy atom. The van der Waals surface area contributed by atoms with E-state index in [1.807, 2.05) is 12.2 Å². The molecule has 0 fully saturated rings. The third-order valence-corrected chi connectivity index (χ3v) is 5.52. The SMILES string of the molecule is Nc1nc(Nc2ccc(C(=O)N3CC=CC3)cc2)sc1C(=O)c1c(F)cccc1F. The second kappa shape index (κ2) is 8.03. The number of nitrogen functional groups attached to an aromatic ring is 1. The smallest absolute Gasteiger partial charge is 0.254 e. The highest BCUT2D eigenvalue weighted by Gasteiger charge is 2.24. The first-order valence-corrected chi connectivity index (χ1v) is 9.82. The summed E-state index contributed by atoms with van der Waals surface area (Å²) in [6.07, 6.45) is 3.87. The maximum atomic E-state index is 13.9. The standard InChI is InChI=1S/C21H16F2N4O2S/c22-14-4-3-5-15(23)16(14)17(28)18-19(24)26-21(30-18)25-13-8-6-12(7-9-13)20(29)27-10-1-2-11-27/h1-9H,10-11,24H2,(H,25,26). The Morgan fingerprint density at radius 1 is 1.03 bits per heavy atom. The minimum atomic E-state index is -0.962. The molecule has 0 aliphatic carbocycles. The molecule has 1 aliphatic heterocycles. The molecule has 2 heterocycles. The molecular weight excluding hydrogens is 410 g/mol. The topological polar surface area (TPSA) is 88.3 Å². The van der Waals surface area contributed by atoms with Gasteiger partial charge in [0.25, 0.3) is 5.91 Å². The van der Waals surface area contributed by atoms with Crippen LogP contribution in [0.1, 0.15) is 25.6 Å². The monoisotopic (exact) mass is 426 g/mol.